The van der Waals surface area contributed by atoms with E-state index in [4.69, 9.17) is 11.6 Å². The molecule has 1 fully saturated rings. The van der Waals surface area contributed by atoms with E-state index in [9.17, 15) is 9.59 Å². The zero-order valence-electron chi connectivity index (χ0n) is 16.6. The molecule has 2 aromatic carbocycles. The van der Waals surface area contributed by atoms with E-state index in [1.165, 1.54) is 5.56 Å². The van der Waals surface area contributed by atoms with Crippen LogP contribution in [0.3, 0.4) is 0 Å². The van der Waals surface area contributed by atoms with Crippen molar-refractivity contribution >= 4 is 23.4 Å². The average molecular weight is 414 g/mol. The van der Waals surface area contributed by atoms with Crippen molar-refractivity contribution in [2.45, 2.75) is 25.8 Å². The molecule has 2 aromatic rings. The second-order valence-corrected chi connectivity index (χ2v) is 7.96. The molecule has 1 aliphatic heterocycles. The first-order chi connectivity index (χ1) is 14.1. The molecule has 29 heavy (non-hydrogen) atoms. The number of hydrogen-bond acceptors (Lipinski definition) is 3. The van der Waals surface area contributed by atoms with Gasteiger partial charge in [-0.25, -0.2) is 0 Å². The molecule has 0 aromatic heterocycles. The summed E-state index contributed by atoms with van der Waals surface area (Å²) in [7, 11) is 0. The third-order valence-electron chi connectivity index (χ3n) is 5.29. The summed E-state index contributed by atoms with van der Waals surface area (Å²) in [6.45, 7) is 4.07. The van der Waals surface area contributed by atoms with Gasteiger partial charge in [0.2, 0.25) is 5.91 Å². The van der Waals surface area contributed by atoms with Crippen LogP contribution in [-0.4, -0.2) is 42.9 Å². The summed E-state index contributed by atoms with van der Waals surface area (Å²) in [5.74, 6) is 0.354. The van der Waals surface area contributed by atoms with Gasteiger partial charge in [0.1, 0.15) is 0 Å². The lowest BCUT2D eigenvalue weighted by Gasteiger charge is -2.32. The van der Waals surface area contributed by atoms with Crippen LogP contribution in [0, 0.1) is 5.92 Å². The number of nitrogens with one attached hydrogen (secondary N) is 2. The van der Waals surface area contributed by atoms with Crippen molar-refractivity contribution in [3.05, 3.63) is 70.7 Å². The highest BCUT2D eigenvalue weighted by Gasteiger charge is 2.19. The molecule has 0 aliphatic carbocycles. The molecule has 0 spiro atoms. The van der Waals surface area contributed by atoms with Gasteiger partial charge < -0.3 is 10.6 Å². The Kier molecular flexibility index (Phi) is 8.08. The summed E-state index contributed by atoms with van der Waals surface area (Å²) in [5, 5.41) is 6.57. The Labute approximate surface area is 177 Å². The summed E-state index contributed by atoms with van der Waals surface area (Å²) in [5.41, 5.74) is 1.89. The highest BCUT2D eigenvalue weighted by molar-refractivity contribution is 6.30. The number of halogens is 1. The summed E-state index contributed by atoms with van der Waals surface area (Å²) in [6.07, 6.45) is 2.46. The number of likely N-dealkylation sites (tertiary alicyclic amines) is 1. The minimum atomic E-state index is -0.147. The summed E-state index contributed by atoms with van der Waals surface area (Å²) in [6, 6.07) is 17.0. The first kappa shape index (κ1) is 21.3. The molecule has 0 radical (unpaired) electrons. The van der Waals surface area contributed by atoms with Crippen molar-refractivity contribution in [1.82, 2.24) is 15.5 Å². The number of carbonyl (C=O) groups excluding carboxylic acids is 2. The highest BCUT2D eigenvalue weighted by atomic mass is 35.5. The minimum Gasteiger partial charge on any atom is -0.356 e. The van der Waals surface area contributed by atoms with Crippen LogP contribution in [0.2, 0.25) is 5.02 Å². The van der Waals surface area contributed by atoms with Gasteiger partial charge in [0.25, 0.3) is 5.91 Å². The number of carbonyl (C=O) groups is 2. The Morgan fingerprint density at radius 1 is 0.966 bits per heavy atom. The Bertz CT molecular complexity index is 788. The third-order valence-corrected chi connectivity index (χ3v) is 5.54. The monoisotopic (exact) mass is 413 g/mol. The van der Waals surface area contributed by atoms with Crippen molar-refractivity contribution in [2.24, 2.45) is 5.92 Å². The first-order valence-corrected chi connectivity index (χ1v) is 10.5. The summed E-state index contributed by atoms with van der Waals surface area (Å²) < 4.78 is 0. The van der Waals surface area contributed by atoms with Crippen molar-refractivity contribution < 1.29 is 9.59 Å². The van der Waals surface area contributed by atoms with Crippen LogP contribution in [0.5, 0.6) is 0 Å². The van der Waals surface area contributed by atoms with E-state index < -0.39 is 0 Å². The standard InChI is InChI=1S/C23H28ClN3O2/c24-21-8-6-19(7-9-21)17-27-14-11-18(12-15-27)16-26-22(28)10-13-25-23(29)20-4-2-1-3-5-20/h1-9,18H,10-17H2,(H,25,29)(H,26,28). The Balaban J connectivity index is 1.28. The van der Waals surface area contributed by atoms with Gasteiger partial charge in [0, 0.05) is 36.6 Å². The number of benzene rings is 2. The second kappa shape index (κ2) is 11.0. The second-order valence-electron chi connectivity index (χ2n) is 7.52. The van der Waals surface area contributed by atoms with Gasteiger partial charge >= 0.3 is 0 Å². The van der Waals surface area contributed by atoms with E-state index >= 15 is 0 Å². The van der Waals surface area contributed by atoms with Crippen molar-refractivity contribution in [1.29, 1.82) is 0 Å². The first-order valence-electron chi connectivity index (χ1n) is 10.2. The molecule has 5 nitrogen and oxygen atoms in total. The van der Waals surface area contributed by atoms with Crippen LogP contribution in [0.25, 0.3) is 0 Å². The van der Waals surface area contributed by atoms with E-state index in [0.717, 1.165) is 37.5 Å². The maximum atomic E-state index is 12.1. The predicted molar refractivity (Wildman–Crippen MR) is 116 cm³/mol. The lowest BCUT2D eigenvalue weighted by atomic mass is 9.96. The molecule has 0 saturated carbocycles. The maximum Gasteiger partial charge on any atom is 0.251 e. The van der Waals surface area contributed by atoms with Gasteiger partial charge in [0.15, 0.2) is 0 Å². The van der Waals surface area contributed by atoms with Crippen molar-refractivity contribution in [3.8, 4) is 0 Å². The molecule has 1 saturated heterocycles. The molecule has 3 rings (SSSR count). The normalized spacial score (nSPS) is 15.1. The fourth-order valence-corrected chi connectivity index (χ4v) is 3.65. The van der Waals surface area contributed by atoms with E-state index in [1.54, 1.807) is 12.1 Å². The predicted octanol–water partition coefficient (Wildman–Crippen LogP) is 3.49. The molecule has 1 aliphatic rings. The largest absolute Gasteiger partial charge is 0.356 e. The maximum absolute atomic E-state index is 12.1. The summed E-state index contributed by atoms with van der Waals surface area (Å²) in [4.78, 5) is 26.5. The Morgan fingerprint density at radius 2 is 1.66 bits per heavy atom. The van der Waals surface area contributed by atoms with E-state index in [0.29, 0.717) is 31.0 Å². The van der Waals surface area contributed by atoms with Gasteiger partial charge in [0.05, 0.1) is 0 Å². The quantitative estimate of drug-likeness (QED) is 0.696. The lowest BCUT2D eigenvalue weighted by Crippen LogP contribution is -2.39. The third kappa shape index (κ3) is 7.18. The summed E-state index contributed by atoms with van der Waals surface area (Å²) >= 11 is 5.94. The average Bonchev–Trinajstić information content (AvgIpc) is 2.75. The molecule has 1 heterocycles. The molecule has 0 bridgehead atoms. The van der Waals surface area contributed by atoms with Crippen molar-refractivity contribution in [2.75, 3.05) is 26.2 Å². The zero-order chi connectivity index (χ0) is 20.5. The number of hydrogen-bond donors (Lipinski definition) is 2. The minimum absolute atomic E-state index is 0.0121. The van der Waals surface area contributed by atoms with Crippen LogP contribution in [0.1, 0.15) is 35.2 Å². The smallest absolute Gasteiger partial charge is 0.251 e. The van der Waals surface area contributed by atoms with Gasteiger partial charge in [-0.15, -0.1) is 0 Å². The van der Waals surface area contributed by atoms with Gasteiger partial charge in [-0.1, -0.05) is 41.9 Å². The number of rotatable bonds is 8. The molecular weight excluding hydrogens is 386 g/mol. The molecule has 154 valence electrons. The Morgan fingerprint density at radius 3 is 2.34 bits per heavy atom. The topological polar surface area (TPSA) is 61.4 Å². The van der Waals surface area contributed by atoms with Crippen molar-refractivity contribution in [3.63, 3.8) is 0 Å². The number of amides is 2. The fraction of sp³-hybridized carbons (Fsp3) is 0.391. The van der Waals surface area contributed by atoms with E-state index in [1.807, 2.05) is 30.3 Å². The molecular formula is C23H28ClN3O2. The van der Waals surface area contributed by atoms with E-state index in [2.05, 4.69) is 27.7 Å². The molecule has 0 atom stereocenters. The molecule has 2 amide bonds. The Hall–Kier alpha value is -2.37. The SMILES string of the molecule is O=C(CCNC(=O)c1ccccc1)NCC1CCN(Cc2ccc(Cl)cc2)CC1. The molecule has 0 unspecified atom stereocenters. The highest BCUT2D eigenvalue weighted by Crippen LogP contribution is 2.19. The zero-order valence-corrected chi connectivity index (χ0v) is 17.3. The van der Waals surface area contributed by atoms with Crippen LogP contribution >= 0.6 is 11.6 Å². The lowest BCUT2D eigenvalue weighted by molar-refractivity contribution is -0.121. The fourth-order valence-electron chi connectivity index (χ4n) is 3.52. The van der Waals surface area contributed by atoms with Crippen LogP contribution < -0.4 is 10.6 Å². The molecule has 6 heteroatoms. The van der Waals surface area contributed by atoms with Gasteiger partial charge in [-0.2, -0.15) is 0 Å². The number of nitrogens with zero attached hydrogens (tertiary/aromatic N) is 1. The van der Waals surface area contributed by atoms with Crippen LogP contribution in [0.15, 0.2) is 54.6 Å². The van der Waals surface area contributed by atoms with Crippen LogP contribution in [-0.2, 0) is 11.3 Å². The number of piperidine rings is 1. The van der Waals surface area contributed by atoms with Gasteiger partial charge in [-0.3, -0.25) is 14.5 Å². The van der Waals surface area contributed by atoms with Crippen LogP contribution in [0.4, 0.5) is 0 Å². The molecule has 2 N–H and O–H groups in total. The van der Waals surface area contributed by atoms with E-state index in [-0.39, 0.29) is 11.8 Å². The van der Waals surface area contributed by atoms with Gasteiger partial charge in [-0.05, 0) is 61.7 Å².